The van der Waals surface area contributed by atoms with Crippen LogP contribution in [0, 0.1) is 0 Å². The smallest absolute Gasteiger partial charge is 0.237 e. The lowest BCUT2D eigenvalue weighted by atomic mass is 9.98. The predicted molar refractivity (Wildman–Crippen MR) is 181 cm³/mol. The first kappa shape index (κ1) is 33.9. The summed E-state index contributed by atoms with van der Waals surface area (Å²) >= 11 is 14.0. The topological polar surface area (TPSA) is 135 Å². The number of rotatable bonds is 11. The first-order valence-electron chi connectivity index (χ1n) is 15.7. The third kappa shape index (κ3) is 7.37. The van der Waals surface area contributed by atoms with Crippen LogP contribution in [0.2, 0.25) is 10.0 Å². The molecule has 2 saturated heterocycles. The van der Waals surface area contributed by atoms with Crippen molar-refractivity contribution in [1.29, 1.82) is 0 Å². The van der Waals surface area contributed by atoms with Crippen molar-refractivity contribution >= 4 is 29.1 Å². The number of alkyl halides is 1. The zero-order valence-corrected chi connectivity index (χ0v) is 28.1. The number of benzene rings is 2. The molecule has 0 saturated carbocycles. The summed E-state index contributed by atoms with van der Waals surface area (Å²) in [6.45, 7) is 2.05. The fraction of sp³-hybridized carbons (Fsp3) is 0.382. The van der Waals surface area contributed by atoms with Gasteiger partial charge in [0.05, 0.1) is 54.2 Å². The van der Waals surface area contributed by atoms with Crippen LogP contribution in [-0.2, 0) is 17.9 Å². The number of likely N-dealkylation sites (tertiary alicyclic amines) is 1. The second-order valence-corrected chi connectivity index (χ2v) is 12.6. The maximum Gasteiger partial charge on any atom is 0.237 e. The lowest BCUT2D eigenvalue weighted by molar-refractivity contribution is -0.119. The van der Waals surface area contributed by atoms with Crippen LogP contribution >= 0.6 is 23.2 Å². The molecule has 1 amide bonds. The number of halogens is 3. The second kappa shape index (κ2) is 15.1. The summed E-state index contributed by atoms with van der Waals surface area (Å²) in [5, 5.41) is 16.9. The third-order valence-electron chi connectivity index (χ3n) is 8.58. The normalized spacial score (nSPS) is 19.7. The van der Waals surface area contributed by atoms with Crippen molar-refractivity contribution in [2.24, 2.45) is 0 Å². The van der Waals surface area contributed by atoms with Crippen LogP contribution < -0.4 is 20.1 Å². The van der Waals surface area contributed by atoms with Gasteiger partial charge in [-0.15, -0.1) is 0 Å². The van der Waals surface area contributed by atoms with Crippen molar-refractivity contribution < 1.29 is 23.8 Å². The second-order valence-electron chi connectivity index (χ2n) is 11.8. The molecule has 0 bridgehead atoms. The molecule has 252 valence electrons. The third-order valence-corrected chi connectivity index (χ3v) is 9.40. The Balaban J connectivity index is 1.23. The number of aromatic nitrogens is 4. The summed E-state index contributed by atoms with van der Waals surface area (Å²) in [4.78, 5) is 32.0. The van der Waals surface area contributed by atoms with Crippen LogP contribution in [0.15, 0.2) is 48.8 Å². The monoisotopic (exact) mass is 695 g/mol. The fourth-order valence-corrected chi connectivity index (χ4v) is 6.64. The number of ether oxygens (including phenoxy) is 2. The first-order chi connectivity index (χ1) is 23.2. The van der Waals surface area contributed by atoms with Crippen molar-refractivity contribution in [3.8, 4) is 45.4 Å². The Labute approximate surface area is 287 Å². The molecule has 0 radical (unpaired) electrons. The quantitative estimate of drug-likeness (QED) is 0.200. The molecule has 2 fully saturated rings. The molecule has 14 heteroatoms. The lowest BCUT2D eigenvalue weighted by Crippen LogP contribution is -2.44. The van der Waals surface area contributed by atoms with Gasteiger partial charge in [-0.1, -0.05) is 59.6 Å². The van der Waals surface area contributed by atoms with Gasteiger partial charge in [-0.25, -0.2) is 14.4 Å². The molecule has 2 aromatic heterocycles. The molecule has 4 heterocycles. The summed E-state index contributed by atoms with van der Waals surface area (Å²) in [7, 11) is 3.05. The number of methoxy groups -OCH3 is 2. The van der Waals surface area contributed by atoms with Crippen molar-refractivity contribution in [3.05, 3.63) is 70.2 Å². The molecule has 0 aliphatic carbocycles. The van der Waals surface area contributed by atoms with Gasteiger partial charge >= 0.3 is 0 Å². The minimum absolute atomic E-state index is 0.0736. The van der Waals surface area contributed by atoms with Crippen molar-refractivity contribution in [1.82, 2.24) is 35.5 Å². The van der Waals surface area contributed by atoms with Crippen LogP contribution in [0.25, 0.3) is 33.6 Å². The van der Waals surface area contributed by atoms with Gasteiger partial charge in [0.15, 0.2) is 0 Å². The van der Waals surface area contributed by atoms with E-state index in [1.807, 2.05) is 41.3 Å². The van der Waals surface area contributed by atoms with E-state index in [0.717, 1.165) is 6.42 Å². The highest BCUT2D eigenvalue weighted by Crippen LogP contribution is 2.42. The van der Waals surface area contributed by atoms with Crippen LogP contribution in [0.5, 0.6) is 11.8 Å². The van der Waals surface area contributed by atoms with E-state index >= 15 is 0 Å². The number of nitrogens with one attached hydrogen (secondary N) is 2. The molecule has 3 N–H and O–H groups in total. The molecule has 2 aliphatic rings. The molecule has 3 atom stereocenters. The molecular weight excluding hydrogens is 660 g/mol. The molecule has 48 heavy (non-hydrogen) atoms. The van der Waals surface area contributed by atoms with Crippen LogP contribution in [0.4, 0.5) is 4.39 Å². The highest BCUT2D eigenvalue weighted by atomic mass is 35.5. The zero-order valence-electron chi connectivity index (χ0n) is 26.5. The molecular formula is C34H36Cl2FN7O4. The standard InChI is InChI=1S/C34H36Cl2FN7O4/c1-47-33-27(14-38-13-19-9-10-30(46)41-19)39-15-25(42-33)22-7-3-5-20(31(22)35)21-6-4-8-23(32(21)36)26-16-40-28(34(43-26)48-2)18-44-12-11-29(45)24(37)17-44/h3-8,15-16,19,24,29,38,45H,9-14,17-18H2,1-2H3,(H,41,46)/t19-,24-,29+/m0/s1. The Kier molecular flexibility index (Phi) is 10.7. The SMILES string of the molecule is COc1nc(-c2cccc(-c3cccc(-c4cnc(CN5CC[C@@H](O)[C@@H](F)C5)c(OC)n4)c3Cl)c2Cl)cnc1CNC[C@@H]1CCC(=O)N1. The molecule has 6 rings (SSSR count). The van der Waals surface area contributed by atoms with Gasteiger partial charge in [0, 0.05) is 67.4 Å². The van der Waals surface area contributed by atoms with Crippen LogP contribution in [0.1, 0.15) is 30.7 Å². The fourth-order valence-electron chi connectivity index (χ4n) is 5.99. The van der Waals surface area contributed by atoms with E-state index in [4.69, 9.17) is 42.6 Å². The summed E-state index contributed by atoms with van der Waals surface area (Å²) in [6, 6.07) is 11.3. The highest BCUT2D eigenvalue weighted by molar-refractivity contribution is 6.39. The molecule has 11 nitrogen and oxygen atoms in total. The van der Waals surface area contributed by atoms with Gasteiger partial charge < -0.3 is 25.2 Å². The van der Waals surface area contributed by atoms with Gasteiger partial charge in [-0.05, 0) is 12.8 Å². The average molecular weight is 697 g/mol. The number of aliphatic hydroxyl groups excluding tert-OH is 1. The summed E-state index contributed by atoms with van der Waals surface area (Å²) in [5.74, 6) is 0.756. The number of piperidine rings is 1. The Morgan fingerprint density at radius 2 is 1.52 bits per heavy atom. The number of amides is 1. The molecule has 2 aliphatic heterocycles. The molecule has 2 aromatic carbocycles. The maximum atomic E-state index is 14.1. The van der Waals surface area contributed by atoms with Crippen LogP contribution in [0.3, 0.4) is 0 Å². The number of carbonyl (C=O) groups is 1. The van der Waals surface area contributed by atoms with Gasteiger partial charge in [-0.3, -0.25) is 19.7 Å². The van der Waals surface area contributed by atoms with Gasteiger partial charge in [-0.2, -0.15) is 0 Å². The minimum Gasteiger partial charge on any atom is -0.480 e. The predicted octanol–water partition coefficient (Wildman–Crippen LogP) is 4.86. The summed E-state index contributed by atoms with van der Waals surface area (Å²) in [5.41, 5.74) is 4.90. The number of hydrogen-bond acceptors (Lipinski definition) is 10. The zero-order chi connectivity index (χ0) is 33.8. The van der Waals surface area contributed by atoms with Gasteiger partial charge in [0.25, 0.3) is 0 Å². The molecule has 0 unspecified atom stereocenters. The van der Waals surface area contributed by atoms with E-state index in [0.29, 0.717) is 106 Å². The van der Waals surface area contributed by atoms with E-state index < -0.39 is 12.3 Å². The molecule has 0 spiro atoms. The Bertz CT molecular complexity index is 1800. The van der Waals surface area contributed by atoms with E-state index in [9.17, 15) is 14.3 Å². The average Bonchev–Trinajstić information content (AvgIpc) is 3.51. The van der Waals surface area contributed by atoms with E-state index in [1.165, 1.54) is 7.11 Å². The van der Waals surface area contributed by atoms with Crippen LogP contribution in [-0.4, -0.2) is 88.0 Å². The van der Waals surface area contributed by atoms with Crippen molar-refractivity contribution in [3.63, 3.8) is 0 Å². The number of nitrogens with zero attached hydrogens (tertiary/aromatic N) is 5. The largest absolute Gasteiger partial charge is 0.480 e. The van der Waals surface area contributed by atoms with E-state index in [-0.39, 0.29) is 18.5 Å². The molecule has 4 aromatic rings. The highest BCUT2D eigenvalue weighted by Gasteiger charge is 2.28. The van der Waals surface area contributed by atoms with E-state index in [1.54, 1.807) is 19.5 Å². The minimum atomic E-state index is -1.31. The number of hydrogen-bond donors (Lipinski definition) is 3. The van der Waals surface area contributed by atoms with Gasteiger partial charge in [0.1, 0.15) is 17.6 Å². The Morgan fingerprint density at radius 3 is 2.08 bits per heavy atom. The van der Waals surface area contributed by atoms with Gasteiger partial charge in [0.2, 0.25) is 17.7 Å². The van der Waals surface area contributed by atoms with Crippen molar-refractivity contribution in [2.75, 3.05) is 33.9 Å². The summed E-state index contributed by atoms with van der Waals surface area (Å²) in [6.07, 6.45) is 2.73. The number of aliphatic hydroxyl groups is 1. The Morgan fingerprint density at radius 1 is 0.938 bits per heavy atom. The Hall–Kier alpha value is -3.94. The lowest BCUT2D eigenvalue weighted by Gasteiger charge is -2.31. The van der Waals surface area contributed by atoms with E-state index in [2.05, 4.69) is 20.6 Å². The first-order valence-corrected chi connectivity index (χ1v) is 16.4. The maximum absolute atomic E-state index is 14.1. The number of carbonyl (C=O) groups excluding carboxylic acids is 1. The summed E-state index contributed by atoms with van der Waals surface area (Å²) < 4.78 is 25.2. The van der Waals surface area contributed by atoms with Crippen molar-refractivity contribution in [2.45, 2.75) is 50.7 Å².